The van der Waals surface area contributed by atoms with E-state index in [0.29, 0.717) is 5.82 Å². The molecule has 1 heterocycles. The van der Waals surface area contributed by atoms with Crippen molar-refractivity contribution in [2.75, 3.05) is 0 Å². The Morgan fingerprint density at radius 2 is 1.76 bits per heavy atom. The minimum atomic E-state index is -1.02. The molecule has 0 saturated carbocycles. The highest BCUT2D eigenvalue weighted by Gasteiger charge is 2.06. The molecule has 86 valence electrons. The first-order valence-electron chi connectivity index (χ1n) is 5.21. The third kappa shape index (κ3) is 2.30. The highest BCUT2D eigenvalue weighted by molar-refractivity contribution is 5.86. The molecule has 0 bridgehead atoms. The molecular formula is C13H12N2O2. The summed E-state index contributed by atoms with van der Waals surface area (Å²) in [4.78, 5) is 18.8. The van der Waals surface area contributed by atoms with Crippen molar-refractivity contribution >= 4 is 5.97 Å². The summed E-state index contributed by atoms with van der Waals surface area (Å²) in [6, 6.07) is 5.92. The number of nitrogens with zero attached hydrogens (tertiary/aromatic N) is 2. The fraction of sp³-hybridized carbons (Fsp3) is 0.154. The van der Waals surface area contributed by atoms with Crippen molar-refractivity contribution in [2.24, 2.45) is 0 Å². The molecule has 2 rings (SSSR count). The van der Waals surface area contributed by atoms with Crippen LogP contribution in [0.2, 0.25) is 0 Å². The molecule has 1 aromatic carbocycles. The lowest BCUT2D eigenvalue weighted by atomic mass is 10.1. The van der Waals surface area contributed by atoms with Gasteiger partial charge in [0.15, 0.2) is 5.82 Å². The van der Waals surface area contributed by atoms with Crippen molar-refractivity contribution in [3.8, 4) is 11.4 Å². The van der Waals surface area contributed by atoms with Crippen LogP contribution in [0.1, 0.15) is 21.5 Å². The number of aromatic nitrogens is 2. The zero-order valence-electron chi connectivity index (χ0n) is 9.64. The summed E-state index contributed by atoms with van der Waals surface area (Å²) < 4.78 is 0. The number of hydrogen-bond acceptors (Lipinski definition) is 3. The van der Waals surface area contributed by atoms with Gasteiger partial charge in [0, 0.05) is 18.0 Å². The summed E-state index contributed by atoms with van der Waals surface area (Å²) >= 11 is 0. The monoisotopic (exact) mass is 228 g/mol. The van der Waals surface area contributed by atoms with Crippen LogP contribution in [0.4, 0.5) is 0 Å². The van der Waals surface area contributed by atoms with Crippen LogP contribution in [0, 0.1) is 13.8 Å². The van der Waals surface area contributed by atoms with Crippen LogP contribution in [0.5, 0.6) is 0 Å². The lowest BCUT2D eigenvalue weighted by Gasteiger charge is -2.04. The van der Waals surface area contributed by atoms with Crippen LogP contribution in [-0.4, -0.2) is 21.0 Å². The second-order valence-corrected chi connectivity index (χ2v) is 3.90. The minimum absolute atomic E-state index is 0.0950. The first kappa shape index (κ1) is 11.3. The summed E-state index contributed by atoms with van der Waals surface area (Å²) in [6.07, 6.45) is 2.64. The van der Waals surface area contributed by atoms with E-state index in [0.717, 1.165) is 11.1 Å². The van der Waals surface area contributed by atoms with Gasteiger partial charge in [-0.15, -0.1) is 0 Å². The van der Waals surface area contributed by atoms with Gasteiger partial charge in [-0.25, -0.2) is 14.8 Å². The molecule has 1 N–H and O–H groups in total. The Kier molecular flexibility index (Phi) is 2.87. The number of aromatic carboxylic acids is 1. The average Bonchev–Trinajstić information content (AvgIpc) is 2.33. The number of hydrogen-bond donors (Lipinski definition) is 1. The van der Waals surface area contributed by atoms with Crippen molar-refractivity contribution in [3.63, 3.8) is 0 Å². The second kappa shape index (κ2) is 4.33. The third-order valence-corrected chi connectivity index (χ3v) is 2.66. The Bertz CT molecular complexity index is 562. The van der Waals surface area contributed by atoms with Crippen LogP contribution in [-0.2, 0) is 0 Å². The third-order valence-electron chi connectivity index (χ3n) is 2.66. The van der Waals surface area contributed by atoms with Gasteiger partial charge in [-0.1, -0.05) is 12.1 Å². The van der Waals surface area contributed by atoms with E-state index in [4.69, 9.17) is 5.11 Å². The van der Waals surface area contributed by atoms with Crippen LogP contribution < -0.4 is 0 Å². The van der Waals surface area contributed by atoms with E-state index >= 15 is 0 Å². The van der Waals surface area contributed by atoms with Gasteiger partial charge < -0.3 is 5.11 Å². The summed E-state index contributed by atoms with van der Waals surface area (Å²) in [7, 11) is 0. The van der Waals surface area contributed by atoms with Gasteiger partial charge in [-0.2, -0.15) is 0 Å². The molecule has 0 amide bonds. The number of aryl methyl sites for hydroxylation is 2. The predicted molar refractivity (Wildman–Crippen MR) is 63.9 cm³/mol. The minimum Gasteiger partial charge on any atom is -0.478 e. The highest BCUT2D eigenvalue weighted by Crippen LogP contribution is 2.18. The average molecular weight is 228 g/mol. The molecule has 0 saturated heterocycles. The highest BCUT2D eigenvalue weighted by atomic mass is 16.4. The van der Waals surface area contributed by atoms with Gasteiger partial charge in [-0.05, 0) is 31.0 Å². The number of benzene rings is 1. The molecule has 0 fully saturated rings. The molecule has 0 aliphatic rings. The normalized spacial score (nSPS) is 10.2. The molecule has 1 aromatic heterocycles. The smallest absolute Gasteiger partial charge is 0.338 e. The van der Waals surface area contributed by atoms with Crippen molar-refractivity contribution < 1.29 is 9.90 Å². The Balaban J connectivity index is 2.39. The number of carboxylic acid groups (broad SMARTS) is 1. The Hall–Kier alpha value is -2.23. The van der Waals surface area contributed by atoms with Gasteiger partial charge in [0.25, 0.3) is 0 Å². The summed E-state index contributed by atoms with van der Waals surface area (Å²) in [6.45, 7) is 4.05. The predicted octanol–water partition coefficient (Wildman–Crippen LogP) is 2.46. The van der Waals surface area contributed by atoms with Gasteiger partial charge in [0.2, 0.25) is 0 Å². The van der Waals surface area contributed by atoms with Gasteiger partial charge in [-0.3, -0.25) is 0 Å². The van der Waals surface area contributed by atoms with Gasteiger partial charge in [0.1, 0.15) is 0 Å². The standard InChI is InChI=1S/C13H12N2O2/c1-8-3-4-10(5-9(8)2)12-14-6-11(7-15-12)13(16)17/h3-7H,1-2H3,(H,16,17). The lowest BCUT2D eigenvalue weighted by Crippen LogP contribution is -1.99. The summed E-state index contributed by atoms with van der Waals surface area (Å²) in [5, 5.41) is 8.75. The van der Waals surface area contributed by atoms with E-state index in [1.54, 1.807) is 0 Å². The Morgan fingerprint density at radius 1 is 1.12 bits per heavy atom. The van der Waals surface area contributed by atoms with Crippen molar-refractivity contribution in [1.29, 1.82) is 0 Å². The van der Waals surface area contributed by atoms with E-state index in [2.05, 4.69) is 9.97 Å². The van der Waals surface area contributed by atoms with Crippen LogP contribution >= 0.6 is 0 Å². The van der Waals surface area contributed by atoms with Gasteiger partial charge in [0.05, 0.1) is 5.56 Å². The molecule has 0 aliphatic carbocycles. The Labute approximate surface area is 99.0 Å². The topological polar surface area (TPSA) is 63.1 Å². The maximum absolute atomic E-state index is 10.7. The zero-order chi connectivity index (χ0) is 12.4. The number of carbonyl (C=O) groups is 1. The number of carboxylic acids is 1. The maximum atomic E-state index is 10.7. The quantitative estimate of drug-likeness (QED) is 0.857. The van der Waals surface area contributed by atoms with Crippen molar-refractivity contribution in [1.82, 2.24) is 9.97 Å². The van der Waals surface area contributed by atoms with Crippen LogP contribution in [0.3, 0.4) is 0 Å². The SMILES string of the molecule is Cc1ccc(-c2ncc(C(=O)O)cn2)cc1C. The van der Waals surface area contributed by atoms with Crippen LogP contribution in [0.25, 0.3) is 11.4 Å². The molecule has 4 heteroatoms. The molecule has 0 atom stereocenters. The molecule has 17 heavy (non-hydrogen) atoms. The summed E-state index contributed by atoms with van der Waals surface area (Å²) in [5.74, 6) is -0.477. The molecule has 4 nitrogen and oxygen atoms in total. The molecular weight excluding hydrogens is 216 g/mol. The van der Waals surface area contributed by atoms with E-state index in [-0.39, 0.29) is 5.56 Å². The van der Waals surface area contributed by atoms with E-state index in [1.807, 2.05) is 32.0 Å². The lowest BCUT2D eigenvalue weighted by molar-refractivity contribution is 0.0696. The maximum Gasteiger partial charge on any atom is 0.338 e. The zero-order valence-corrected chi connectivity index (χ0v) is 9.64. The van der Waals surface area contributed by atoms with E-state index in [9.17, 15) is 4.79 Å². The Morgan fingerprint density at radius 3 is 2.29 bits per heavy atom. The first-order chi connectivity index (χ1) is 8.08. The van der Waals surface area contributed by atoms with Gasteiger partial charge >= 0.3 is 5.97 Å². The molecule has 0 aliphatic heterocycles. The van der Waals surface area contributed by atoms with E-state index < -0.39 is 5.97 Å². The number of rotatable bonds is 2. The van der Waals surface area contributed by atoms with Crippen LogP contribution in [0.15, 0.2) is 30.6 Å². The first-order valence-corrected chi connectivity index (χ1v) is 5.21. The van der Waals surface area contributed by atoms with Crippen molar-refractivity contribution in [2.45, 2.75) is 13.8 Å². The molecule has 0 unspecified atom stereocenters. The largest absolute Gasteiger partial charge is 0.478 e. The molecule has 0 radical (unpaired) electrons. The van der Waals surface area contributed by atoms with E-state index in [1.165, 1.54) is 18.0 Å². The molecule has 2 aromatic rings. The summed E-state index contributed by atoms with van der Waals surface area (Å²) in [5.41, 5.74) is 3.35. The van der Waals surface area contributed by atoms with Crippen molar-refractivity contribution in [3.05, 3.63) is 47.3 Å². The fourth-order valence-electron chi connectivity index (χ4n) is 1.47. The molecule has 0 spiro atoms. The fourth-order valence-corrected chi connectivity index (χ4v) is 1.47. The second-order valence-electron chi connectivity index (χ2n) is 3.90.